The third kappa shape index (κ3) is 6.96. The third-order valence-electron chi connectivity index (χ3n) is 6.07. The van der Waals surface area contributed by atoms with E-state index in [-0.39, 0.29) is 17.4 Å². The largest absolute Gasteiger partial charge is 0.508 e. The lowest BCUT2D eigenvalue weighted by atomic mass is 9.96. The molecule has 11 heteroatoms. The van der Waals surface area contributed by atoms with Crippen molar-refractivity contribution < 1.29 is 27.9 Å². The van der Waals surface area contributed by atoms with Gasteiger partial charge in [0.05, 0.1) is 0 Å². The molecule has 0 spiro atoms. The number of rotatable bonds is 7. The van der Waals surface area contributed by atoms with Crippen molar-refractivity contribution in [2.75, 3.05) is 37.6 Å². The summed E-state index contributed by atoms with van der Waals surface area (Å²) in [5, 5.41) is 19.3. The standard InChI is InChI=1S/C26H26F3N5O3/c27-26(28,29)17-30-25(37)22-9-10-23(32-31-22)33-12-14-34(15-13-33)24(36)11-8-18-4-1-2-7-21(18)19-5-3-6-20(35)16-19/h1-7,9-10,16,35H,8,11-15,17H2,(H,30,37). The molecule has 1 fully saturated rings. The van der Waals surface area contributed by atoms with Crippen LogP contribution >= 0.6 is 0 Å². The summed E-state index contributed by atoms with van der Waals surface area (Å²) in [5.41, 5.74) is 2.69. The number of phenolic OH excluding ortho intramolecular Hbond substituents is 1. The van der Waals surface area contributed by atoms with Crippen LogP contribution in [0.25, 0.3) is 11.1 Å². The Bertz CT molecular complexity index is 1240. The molecule has 0 saturated carbocycles. The van der Waals surface area contributed by atoms with Crippen molar-refractivity contribution in [1.82, 2.24) is 20.4 Å². The predicted octanol–water partition coefficient (Wildman–Crippen LogP) is 3.42. The van der Waals surface area contributed by atoms with Gasteiger partial charge in [-0.25, -0.2) is 0 Å². The highest BCUT2D eigenvalue weighted by atomic mass is 19.4. The Balaban J connectivity index is 1.29. The minimum atomic E-state index is -4.50. The third-order valence-corrected chi connectivity index (χ3v) is 6.07. The zero-order valence-electron chi connectivity index (χ0n) is 19.9. The van der Waals surface area contributed by atoms with Crippen LogP contribution in [0.3, 0.4) is 0 Å². The number of hydrogen-bond donors (Lipinski definition) is 2. The Morgan fingerprint density at radius 1 is 0.946 bits per heavy atom. The van der Waals surface area contributed by atoms with Crippen LogP contribution in [0.2, 0.25) is 0 Å². The maximum absolute atomic E-state index is 12.9. The molecule has 1 saturated heterocycles. The summed E-state index contributed by atoms with van der Waals surface area (Å²) in [5.74, 6) is -0.240. The molecule has 2 N–H and O–H groups in total. The van der Waals surface area contributed by atoms with Gasteiger partial charge in [0.1, 0.15) is 12.3 Å². The first kappa shape index (κ1) is 25.9. The number of anilines is 1. The lowest BCUT2D eigenvalue weighted by molar-refractivity contribution is -0.131. The molecule has 0 bridgehead atoms. The summed E-state index contributed by atoms with van der Waals surface area (Å²) < 4.78 is 36.8. The monoisotopic (exact) mass is 513 g/mol. The predicted molar refractivity (Wildman–Crippen MR) is 131 cm³/mol. The van der Waals surface area contributed by atoms with Crippen molar-refractivity contribution in [2.45, 2.75) is 19.0 Å². The van der Waals surface area contributed by atoms with E-state index in [4.69, 9.17) is 0 Å². The summed E-state index contributed by atoms with van der Waals surface area (Å²) >= 11 is 0. The number of aromatic nitrogens is 2. The Morgan fingerprint density at radius 2 is 1.70 bits per heavy atom. The lowest BCUT2D eigenvalue weighted by Gasteiger charge is -2.35. The molecule has 0 unspecified atom stereocenters. The van der Waals surface area contributed by atoms with Crippen molar-refractivity contribution in [3.05, 3.63) is 71.9 Å². The van der Waals surface area contributed by atoms with E-state index in [2.05, 4.69) is 10.2 Å². The van der Waals surface area contributed by atoms with Gasteiger partial charge < -0.3 is 20.2 Å². The fourth-order valence-corrected chi connectivity index (χ4v) is 4.16. The maximum Gasteiger partial charge on any atom is 0.405 e. The number of nitrogens with one attached hydrogen (secondary N) is 1. The van der Waals surface area contributed by atoms with E-state index in [9.17, 15) is 27.9 Å². The molecule has 2 aromatic carbocycles. The van der Waals surface area contributed by atoms with Gasteiger partial charge in [0.2, 0.25) is 5.91 Å². The minimum absolute atomic E-state index is 0.0353. The Kier molecular flexibility index (Phi) is 7.90. The van der Waals surface area contributed by atoms with Gasteiger partial charge in [-0.15, -0.1) is 10.2 Å². The highest BCUT2D eigenvalue weighted by Gasteiger charge is 2.28. The smallest absolute Gasteiger partial charge is 0.405 e. The minimum Gasteiger partial charge on any atom is -0.508 e. The van der Waals surface area contributed by atoms with Crippen molar-refractivity contribution in [1.29, 1.82) is 0 Å². The van der Waals surface area contributed by atoms with Crippen LogP contribution in [-0.2, 0) is 11.2 Å². The number of piperazine rings is 1. The van der Waals surface area contributed by atoms with Crippen LogP contribution in [-0.4, -0.2) is 70.9 Å². The number of hydrogen-bond acceptors (Lipinski definition) is 6. The summed E-state index contributed by atoms with van der Waals surface area (Å²) in [6.07, 6.45) is -3.60. The highest BCUT2D eigenvalue weighted by Crippen LogP contribution is 2.27. The molecular formula is C26H26F3N5O3. The zero-order valence-corrected chi connectivity index (χ0v) is 19.9. The van der Waals surface area contributed by atoms with Gasteiger partial charge in [-0.05, 0) is 47.4 Å². The van der Waals surface area contributed by atoms with E-state index in [1.807, 2.05) is 35.2 Å². The van der Waals surface area contributed by atoms with E-state index < -0.39 is 18.6 Å². The first-order valence-corrected chi connectivity index (χ1v) is 11.8. The molecule has 0 radical (unpaired) electrons. The molecule has 1 aliphatic rings. The number of aromatic hydroxyl groups is 1. The average Bonchev–Trinajstić information content (AvgIpc) is 2.90. The Labute approximate surface area is 211 Å². The van der Waals surface area contributed by atoms with Gasteiger partial charge in [-0.2, -0.15) is 13.2 Å². The van der Waals surface area contributed by atoms with Gasteiger partial charge in [0.15, 0.2) is 11.5 Å². The zero-order chi connectivity index (χ0) is 26.4. The number of carbonyl (C=O) groups is 2. The second kappa shape index (κ2) is 11.3. The van der Waals surface area contributed by atoms with Crippen LogP contribution in [0.15, 0.2) is 60.7 Å². The van der Waals surface area contributed by atoms with Crippen molar-refractivity contribution in [3.8, 4) is 16.9 Å². The van der Waals surface area contributed by atoms with Gasteiger partial charge in [0.25, 0.3) is 5.91 Å². The van der Waals surface area contributed by atoms with E-state index in [0.717, 1.165) is 16.7 Å². The van der Waals surface area contributed by atoms with E-state index in [0.29, 0.717) is 44.8 Å². The second-order valence-corrected chi connectivity index (χ2v) is 8.65. The number of benzene rings is 2. The van der Waals surface area contributed by atoms with Crippen LogP contribution in [0.4, 0.5) is 19.0 Å². The molecule has 37 heavy (non-hydrogen) atoms. The fraction of sp³-hybridized carbons (Fsp3) is 0.308. The van der Waals surface area contributed by atoms with E-state index in [1.165, 1.54) is 12.1 Å². The summed E-state index contributed by atoms with van der Waals surface area (Å²) in [6.45, 7) is 0.567. The summed E-state index contributed by atoms with van der Waals surface area (Å²) in [4.78, 5) is 28.4. The van der Waals surface area contributed by atoms with Crippen molar-refractivity contribution in [2.24, 2.45) is 0 Å². The number of nitrogens with zero attached hydrogens (tertiary/aromatic N) is 4. The summed E-state index contributed by atoms with van der Waals surface area (Å²) in [6, 6.07) is 17.7. The van der Waals surface area contributed by atoms with E-state index >= 15 is 0 Å². The Morgan fingerprint density at radius 3 is 2.38 bits per heavy atom. The number of phenols is 1. The molecule has 4 rings (SSSR count). The summed E-state index contributed by atoms with van der Waals surface area (Å²) in [7, 11) is 0. The van der Waals surface area contributed by atoms with Gasteiger partial charge >= 0.3 is 6.18 Å². The van der Waals surface area contributed by atoms with Crippen LogP contribution in [0.5, 0.6) is 5.75 Å². The lowest BCUT2D eigenvalue weighted by Crippen LogP contribution is -2.49. The molecule has 8 nitrogen and oxygen atoms in total. The van der Waals surface area contributed by atoms with Crippen molar-refractivity contribution >= 4 is 17.6 Å². The SMILES string of the molecule is O=C(NCC(F)(F)F)c1ccc(N2CCN(C(=O)CCc3ccccc3-c3cccc(O)c3)CC2)nn1. The molecule has 3 aromatic rings. The topological polar surface area (TPSA) is 98.7 Å². The van der Waals surface area contributed by atoms with Gasteiger partial charge in [0, 0.05) is 32.6 Å². The van der Waals surface area contributed by atoms with Gasteiger partial charge in [-0.1, -0.05) is 36.4 Å². The van der Waals surface area contributed by atoms with Crippen molar-refractivity contribution in [3.63, 3.8) is 0 Å². The Hall–Kier alpha value is -4.15. The molecule has 1 aliphatic heterocycles. The average molecular weight is 514 g/mol. The molecule has 2 heterocycles. The molecule has 0 aliphatic carbocycles. The molecular weight excluding hydrogens is 487 g/mol. The number of alkyl halides is 3. The number of amides is 2. The first-order valence-electron chi connectivity index (χ1n) is 11.8. The van der Waals surface area contributed by atoms with Crippen LogP contribution in [0, 0.1) is 0 Å². The molecule has 194 valence electrons. The number of halogens is 3. The van der Waals surface area contributed by atoms with Crippen LogP contribution < -0.4 is 10.2 Å². The van der Waals surface area contributed by atoms with E-state index in [1.54, 1.807) is 28.4 Å². The number of carbonyl (C=O) groups excluding carboxylic acids is 2. The number of aryl methyl sites for hydroxylation is 1. The maximum atomic E-state index is 12.9. The highest BCUT2D eigenvalue weighted by molar-refractivity contribution is 5.92. The molecule has 2 amide bonds. The van der Waals surface area contributed by atoms with Gasteiger partial charge in [-0.3, -0.25) is 9.59 Å². The van der Waals surface area contributed by atoms with Crippen LogP contribution in [0.1, 0.15) is 22.5 Å². The molecule has 1 aromatic heterocycles. The normalized spacial score (nSPS) is 13.9. The first-order chi connectivity index (χ1) is 17.7. The molecule has 0 atom stereocenters. The fourth-order valence-electron chi connectivity index (χ4n) is 4.16. The second-order valence-electron chi connectivity index (χ2n) is 8.65. The quantitative estimate of drug-likeness (QED) is 0.503.